The second kappa shape index (κ2) is 8.14. The normalized spacial score (nSPS) is 11.8. The Balaban J connectivity index is 1.89. The molecule has 0 spiro atoms. The highest BCUT2D eigenvalue weighted by Gasteiger charge is 2.19. The predicted octanol–water partition coefficient (Wildman–Crippen LogP) is 3.40. The first-order chi connectivity index (χ1) is 14.1. The quantitative estimate of drug-likeness (QED) is 0.233. The zero-order valence-electron chi connectivity index (χ0n) is 15.5. The lowest BCUT2D eigenvalue weighted by Gasteiger charge is -2.04. The van der Waals surface area contributed by atoms with Crippen molar-refractivity contribution in [2.75, 3.05) is 5.32 Å². The Morgan fingerprint density at radius 3 is 2.53 bits per heavy atom. The van der Waals surface area contributed by atoms with Crippen molar-refractivity contribution in [3.8, 4) is 5.88 Å². The summed E-state index contributed by atoms with van der Waals surface area (Å²) in [6, 6.07) is 9.68. The summed E-state index contributed by atoms with van der Waals surface area (Å²) in [4.78, 5) is 10.5. The maximum atomic E-state index is 11.3. The number of thiocarbonyl (C=S) groups is 1. The molecule has 0 radical (unpaired) electrons. The van der Waals surface area contributed by atoms with Crippen molar-refractivity contribution in [1.29, 1.82) is 0 Å². The number of rotatable bonds is 5. The number of nitrogens with zero attached hydrogens (tertiary/aromatic N) is 4. The van der Waals surface area contributed by atoms with Crippen LogP contribution in [0.1, 0.15) is 6.92 Å². The minimum absolute atomic E-state index is 0.0456. The van der Waals surface area contributed by atoms with E-state index in [2.05, 4.69) is 15.5 Å². The molecule has 1 heterocycles. The van der Waals surface area contributed by atoms with E-state index in [9.17, 15) is 23.6 Å². The zero-order valence-corrected chi connectivity index (χ0v) is 17.1. The molecule has 0 saturated heterocycles. The minimum Gasteiger partial charge on any atom is -0.493 e. The van der Waals surface area contributed by atoms with Gasteiger partial charge in [-0.15, -0.1) is 10.2 Å². The van der Waals surface area contributed by atoms with Gasteiger partial charge in [0.2, 0.25) is 21.0 Å². The molecule has 1 aromatic heterocycles. The van der Waals surface area contributed by atoms with Crippen LogP contribution in [-0.4, -0.2) is 28.1 Å². The fourth-order valence-corrected chi connectivity index (χ4v) is 3.49. The minimum atomic E-state index is -3.81. The van der Waals surface area contributed by atoms with E-state index < -0.39 is 14.9 Å². The second-order valence-electron chi connectivity index (χ2n) is 6.07. The van der Waals surface area contributed by atoms with Crippen molar-refractivity contribution < 1.29 is 18.4 Å². The average molecular weight is 448 g/mol. The molecule has 2 aromatic carbocycles. The summed E-state index contributed by atoms with van der Waals surface area (Å²) in [5.41, 5.74) is 0.904. The summed E-state index contributed by atoms with van der Waals surface area (Å²) < 4.78 is 24.1. The van der Waals surface area contributed by atoms with Gasteiger partial charge >= 0.3 is 0 Å². The number of nitrogens with two attached hydrogens (primary N) is 1. The highest BCUT2D eigenvalue weighted by Crippen LogP contribution is 2.40. The Hall–Kier alpha value is -3.42. The van der Waals surface area contributed by atoms with Crippen molar-refractivity contribution >= 4 is 55.3 Å². The van der Waals surface area contributed by atoms with Gasteiger partial charge in [0.05, 0.1) is 15.3 Å². The van der Waals surface area contributed by atoms with Crippen LogP contribution >= 0.6 is 12.2 Å². The van der Waals surface area contributed by atoms with Crippen LogP contribution in [-0.2, 0) is 16.6 Å². The lowest BCUT2D eigenvalue weighted by Crippen LogP contribution is -2.12. The third-order valence-electron chi connectivity index (χ3n) is 4.20. The van der Waals surface area contributed by atoms with Crippen molar-refractivity contribution in [3.05, 3.63) is 52.6 Å². The van der Waals surface area contributed by atoms with Gasteiger partial charge in [-0.05, 0) is 49.5 Å². The van der Waals surface area contributed by atoms with E-state index in [1.54, 1.807) is 6.92 Å². The van der Waals surface area contributed by atoms with Crippen LogP contribution < -0.4 is 10.5 Å². The number of nitro groups is 1. The maximum absolute atomic E-state index is 11.3. The number of azo groups is 1. The molecule has 0 bridgehead atoms. The lowest BCUT2D eigenvalue weighted by atomic mass is 10.2. The molecule has 11 nitrogen and oxygen atoms in total. The number of hydrogen-bond donors (Lipinski definition) is 3. The molecule has 4 N–H and O–H groups in total. The number of aromatic hydroxyl groups is 1. The van der Waals surface area contributed by atoms with E-state index in [1.165, 1.54) is 47.0 Å². The van der Waals surface area contributed by atoms with Gasteiger partial charge in [-0.2, -0.15) is 0 Å². The molecule has 0 saturated carbocycles. The van der Waals surface area contributed by atoms with Gasteiger partial charge < -0.3 is 15.0 Å². The van der Waals surface area contributed by atoms with Crippen LogP contribution in [0.3, 0.4) is 0 Å². The molecule has 0 amide bonds. The van der Waals surface area contributed by atoms with Gasteiger partial charge in [0.1, 0.15) is 0 Å². The largest absolute Gasteiger partial charge is 0.493 e. The monoisotopic (exact) mass is 448 g/mol. The van der Waals surface area contributed by atoms with Crippen LogP contribution in [0.5, 0.6) is 5.88 Å². The van der Waals surface area contributed by atoms with E-state index in [0.29, 0.717) is 23.1 Å². The van der Waals surface area contributed by atoms with Crippen LogP contribution in [0.4, 0.5) is 17.1 Å². The molecule has 3 rings (SSSR count). The fourth-order valence-electron chi connectivity index (χ4n) is 2.82. The van der Waals surface area contributed by atoms with E-state index >= 15 is 0 Å². The summed E-state index contributed by atoms with van der Waals surface area (Å²) in [7, 11) is -3.81. The smallest absolute Gasteiger partial charge is 0.270 e. The number of fused-ring (bicyclic) bond motifs is 1. The molecule has 30 heavy (non-hydrogen) atoms. The van der Waals surface area contributed by atoms with Crippen molar-refractivity contribution in [2.45, 2.75) is 18.4 Å². The highest BCUT2D eigenvalue weighted by atomic mass is 32.2. The number of benzene rings is 2. The van der Waals surface area contributed by atoms with Gasteiger partial charge in [0, 0.05) is 29.8 Å². The molecular weight excluding hydrogens is 432 g/mol. The fraction of sp³-hybridized carbons (Fsp3) is 0.118. The Labute approximate surface area is 176 Å². The first kappa shape index (κ1) is 21.3. The third-order valence-corrected chi connectivity index (χ3v) is 5.31. The Kier molecular flexibility index (Phi) is 5.78. The van der Waals surface area contributed by atoms with Crippen LogP contribution in [0.2, 0.25) is 0 Å². The molecule has 0 aliphatic rings. The first-order valence-corrected chi connectivity index (χ1v) is 10.4. The number of hydrogen-bond acceptors (Lipinski definition) is 7. The predicted molar refractivity (Wildman–Crippen MR) is 114 cm³/mol. The van der Waals surface area contributed by atoms with Gasteiger partial charge in [-0.1, -0.05) is 0 Å². The van der Waals surface area contributed by atoms with Crippen molar-refractivity contribution in [1.82, 2.24) is 4.57 Å². The van der Waals surface area contributed by atoms with E-state index in [-0.39, 0.29) is 27.3 Å². The van der Waals surface area contributed by atoms with Gasteiger partial charge in [0.15, 0.2) is 5.69 Å². The number of non-ortho nitro benzene ring substituents is 1. The van der Waals surface area contributed by atoms with Gasteiger partial charge in [-0.25, -0.2) is 13.6 Å². The molecule has 0 aliphatic heterocycles. The summed E-state index contributed by atoms with van der Waals surface area (Å²) >= 11 is 5.10. The third kappa shape index (κ3) is 4.27. The number of primary sulfonamides is 1. The molecule has 0 aliphatic carbocycles. The van der Waals surface area contributed by atoms with E-state index in [1.807, 2.05) is 0 Å². The molecule has 0 fully saturated rings. The molecular formula is C17H16N6O5S2. The van der Waals surface area contributed by atoms with Crippen LogP contribution in [0, 0.1) is 10.1 Å². The number of aryl methyl sites for hydroxylation is 1. The summed E-state index contributed by atoms with van der Waals surface area (Å²) in [6.07, 6.45) is 0. The summed E-state index contributed by atoms with van der Waals surface area (Å²) in [6.45, 7) is 2.22. The molecule has 0 atom stereocenters. The topological polar surface area (TPSA) is 165 Å². The number of nitro benzene ring substituents is 1. The molecule has 3 aromatic rings. The number of nitrogens with one attached hydrogen (secondary N) is 1. The number of anilines is 1. The highest BCUT2D eigenvalue weighted by molar-refractivity contribution is 7.89. The molecule has 13 heteroatoms. The Bertz CT molecular complexity index is 1280. The van der Waals surface area contributed by atoms with E-state index in [4.69, 9.17) is 17.4 Å². The summed E-state index contributed by atoms with van der Waals surface area (Å²) in [5.74, 6) is -0.197. The SMILES string of the molecule is CCn1c(O)c(N=NC(=S)Nc2ccc(S(N)(=O)=O)cc2)c2cc([N+](=O)[O-])ccc21. The molecule has 156 valence electrons. The first-order valence-electron chi connectivity index (χ1n) is 8.47. The van der Waals surface area contributed by atoms with Gasteiger partial charge in [0.25, 0.3) is 5.69 Å². The molecule has 0 unspecified atom stereocenters. The van der Waals surface area contributed by atoms with E-state index in [0.717, 1.165) is 0 Å². The standard InChI is InChI=1S/C17H16N6O5S2/c1-2-22-14-8-5-11(23(25)26)9-13(14)15(16(22)24)20-21-17(29)19-10-3-6-12(7-4-10)30(18,27)28/h3-9,24H,2H2,1H3,(H,19,29)(H2,18,27,28). The second-order valence-corrected chi connectivity index (χ2v) is 8.02. The Morgan fingerprint density at radius 2 is 1.97 bits per heavy atom. The lowest BCUT2D eigenvalue weighted by molar-refractivity contribution is -0.384. The van der Waals surface area contributed by atoms with Crippen LogP contribution in [0.25, 0.3) is 10.9 Å². The average Bonchev–Trinajstić information content (AvgIpc) is 2.95. The van der Waals surface area contributed by atoms with Crippen molar-refractivity contribution in [2.24, 2.45) is 15.4 Å². The van der Waals surface area contributed by atoms with Crippen LogP contribution in [0.15, 0.2) is 57.6 Å². The number of sulfonamides is 1. The Morgan fingerprint density at radius 1 is 1.30 bits per heavy atom. The number of aromatic nitrogens is 1. The van der Waals surface area contributed by atoms with Gasteiger partial charge in [-0.3, -0.25) is 10.1 Å². The van der Waals surface area contributed by atoms with Crippen molar-refractivity contribution in [3.63, 3.8) is 0 Å². The maximum Gasteiger partial charge on any atom is 0.270 e. The summed E-state index contributed by atoms with van der Waals surface area (Å²) in [5, 5.41) is 37.4. The zero-order chi connectivity index (χ0) is 22.1.